The van der Waals surface area contributed by atoms with Gasteiger partial charge in [0.2, 0.25) is 5.88 Å². The van der Waals surface area contributed by atoms with Gasteiger partial charge in [0.25, 0.3) is 0 Å². The fourth-order valence-electron chi connectivity index (χ4n) is 2.20. The van der Waals surface area contributed by atoms with Crippen molar-refractivity contribution in [3.8, 4) is 5.88 Å². The number of nitrogens with zero attached hydrogens (tertiary/aromatic N) is 3. The summed E-state index contributed by atoms with van der Waals surface area (Å²) in [6.07, 6.45) is 5.69. The van der Waals surface area contributed by atoms with E-state index < -0.39 is 0 Å². The highest BCUT2D eigenvalue weighted by Crippen LogP contribution is 2.26. The molecule has 5 heteroatoms. The van der Waals surface area contributed by atoms with Crippen LogP contribution >= 0.6 is 11.6 Å². The first-order valence-corrected chi connectivity index (χ1v) is 6.93. The first-order chi connectivity index (χ1) is 8.70. The molecule has 1 aromatic heterocycles. The molecule has 0 aliphatic carbocycles. The third-order valence-corrected chi connectivity index (χ3v) is 3.62. The molecule has 1 aliphatic rings. The lowest BCUT2D eigenvalue weighted by Gasteiger charge is -2.29. The van der Waals surface area contributed by atoms with Crippen LogP contribution in [0.1, 0.15) is 31.7 Å². The van der Waals surface area contributed by atoms with E-state index in [1.807, 2.05) is 0 Å². The molecule has 0 spiro atoms. The van der Waals surface area contributed by atoms with E-state index in [2.05, 4.69) is 28.8 Å². The zero-order chi connectivity index (χ0) is 13.0. The summed E-state index contributed by atoms with van der Waals surface area (Å²) in [6.45, 7) is 4.27. The second-order valence-electron chi connectivity index (χ2n) is 4.82. The van der Waals surface area contributed by atoms with Crippen molar-refractivity contribution >= 4 is 11.6 Å². The Morgan fingerprint density at radius 3 is 2.78 bits per heavy atom. The van der Waals surface area contributed by atoms with Gasteiger partial charge in [-0.25, -0.2) is 9.97 Å². The van der Waals surface area contributed by atoms with Crippen molar-refractivity contribution < 1.29 is 4.74 Å². The van der Waals surface area contributed by atoms with Crippen molar-refractivity contribution in [2.24, 2.45) is 0 Å². The molecular formula is C13H20ClN3O. The Kier molecular flexibility index (Phi) is 4.78. The van der Waals surface area contributed by atoms with E-state index in [1.165, 1.54) is 6.33 Å². The molecule has 0 atom stereocenters. The van der Waals surface area contributed by atoms with Gasteiger partial charge in [-0.05, 0) is 26.3 Å². The maximum atomic E-state index is 6.11. The Balaban J connectivity index is 2.06. The van der Waals surface area contributed by atoms with Crippen molar-refractivity contribution in [2.45, 2.75) is 38.7 Å². The van der Waals surface area contributed by atoms with Crippen LogP contribution in [-0.4, -0.2) is 41.1 Å². The number of aromatic nitrogens is 2. The third kappa shape index (κ3) is 3.33. The predicted molar refractivity (Wildman–Crippen MR) is 72.2 cm³/mol. The van der Waals surface area contributed by atoms with Gasteiger partial charge in [-0.1, -0.05) is 24.9 Å². The zero-order valence-electron chi connectivity index (χ0n) is 11.0. The fraction of sp³-hybridized carbons (Fsp3) is 0.692. The van der Waals surface area contributed by atoms with Crippen LogP contribution in [0.2, 0.25) is 5.15 Å². The predicted octanol–water partition coefficient (Wildman–Crippen LogP) is 2.56. The molecule has 0 radical (unpaired) electrons. The molecule has 0 saturated carbocycles. The topological polar surface area (TPSA) is 38.3 Å². The average molecular weight is 270 g/mol. The maximum absolute atomic E-state index is 6.11. The summed E-state index contributed by atoms with van der Waals surface area (Å²) >= 11 is 6.11. The van der Waals surface area contributed by atoms with E-state index in [0.29, 0.717) is 11.0 Å². The van der Waals surface area contributed by atoms with Crippen LogP contribution in [0.4, 0.5) is 0 Å². The van der Waals surface area contributed by atoms with Gasteiger partial charge < -0.3 is 9.64 Å². The van der Waals surface area contributed by atoms with E-state index in [1.54, 1.807) is 0 Å². The highest BCUT2D eigenvalue weighted by atomic mass is 35.5. The molecule has 1 aliphatic heterocycles. The summed E-state index contributed by atoms with van der Waals surface area (Å²) in [5.74, 6) is 0.673. The number of hydrogen-bond donors (Lipinski definition) is 0. The van der Waals surface area contributed by atoms with Crippen LogP contribution in [0, 0.1) is 0 Å². The smallest absolute Gasteiger partial charge is 0.221 e. The normalized spacial score (nSPS) is 17.9. The first-order valence-electron chi connectivity index (χ1n) is 6.55. The van der Waals surface area contributed by atoms with Crippen molar-refractivity contribution in [1.29, 1.82) is 0 Å². The lowest BCUT2D eigenvalue weighted by molar-refractivity contribution is 0.109. The van der Waals surface area contributed by atoms with E-state index in [4.69, 9.17) is 16.3 Å². The Bertz CT molecular complexity index is 392. The molecule has 0 bridgehead atoms. The molecule has 0 aromatic carbocycles. The lowest BCUT2D eigenvalue weighted by atomic mass is 10.1. The molecule has 2 heterocycles. The maximum Gasteiger partial charge on any atom is 0.221 e. The van der Waals surface area contributed by atoms with Crippen LogP contribution in [0.3, 0.4) is 0 Å². The molecule has 0 amide bonds. The summed E-state index contributed by atoms with van der Waals surface area (Å²) in [4.78, 5) is 10.6. The quantitative estimate of drug-likeness (QED) is 0.788. The Hall–Kier alpha value is -0.870. The van der Waals surface area contributed by atoms with Gasteiger partial charge in [-0.3, -0.25) is 0 Å². The summed E-state index contributed by atoms with van der Waals surface area (Å²) in [6, 6.07) is 0. The number of halogens is 1. The van der Waals surface area contributed by atoms with Gasteiger partial charge in [0.1, 0.15) is 17.6 Å². The van der Waals surface area contributed by atoms with Crippen LogP contribution in [0.25, 0.3) is 0 Å². The summed E-state index contributed by atoms with van der Waals surface area (Å²) < 4.78 is 6.01. The van der Waals surface area contributed by atoms with Crippen molar-refractivity contribution in [2.75, 3.05) is 20.1 Å². The van der Waals surface area contributed by atoms with E-state index in [9.17, 15) is 0 Å². The zero-order valence-corrected chi connectivity index (χ0v) is 11.8. The van der Waals surface area contributed by atoms with Gasteiger partial charge >= 0.3 is 0 Å². The third-order valence-electron chi connectivity index (χ3n) is 3.30. The molecule has 2 rings (SSSR count). The SMILES string of the molecule is CCCc1c(Cl)ncnc1OC1CCN(C)CC1. The van der Waals surface area contributed by atoms with Gasteiger partial charge in [0.15, 0.2) is 0 Å². The lowest BCUT2D eigenvalue weighted by Crippen LogP contribution is -2.36. The van der Waals surface area contributed by atoms with Crippen molar-refractivity contribution in [3.05, 3.63) is 17.0 Å². The number of rotatable bonds is 4. The molecule has 1 fully saturated rings. The highest BCUT2D eigenvalue weighted by Gasteiger charge is 2.20. The van der Waals surface area contributed by atoms with E-state index >= 15 is 0 Å². The molecule has 1 aromatic rings. The molecule has 4 nitrogen and oxygen atoms in total. The van der Waals surface area contributed by atoms with E-state index in [0.717, 1.165) is 44.3 Å². The fourth-order valence-corrected chi connectivity index (χ4v) is 2.42. The van der Waals surface area contributed by atoms with Crippen LogP contribution in [0.15, 0.2) is 6.33 Å². The number of likely N-dealkylation sites (tertiary alicyclic amines) is 1. The van der Waals surface area contributed by atoms with E-state index in [-0.39, 0.29) is 6.10 Å². The Labute approximate surface area is 113 Å². The molecule has 1 saturated heterocycles. The molecule has 100 valence electrons. The minimum Gasteiger partial charge on any atom is -0.474 e. The van der Waals surface area contributed by atoms with Gasteiger partial charge in [0, 0.05) is 13.1 Å². The van der Waals surface area contributed by atoms with Crippen LogP contribution < -0.4 is 4.74 Å². The summed E-state index contributed by atoms with van der Waals surface area (Å²) in [5, 5.41) is 0.523. The van der Waals surface area contributed by atoms with Crippen LogP contribution in [-0.2, 0) is 6.42 Å². The van der Waals surface area contributed by atoms with Gasteiger partial charge in [0.05, 0.1) is 5.56 Å². The number of ether oxygens (including phenoxy) is 1. The van der Waals surface area contributed by atoms with Gasteiger partial charge in [-0.15, -0.1) is 0 Å². The largest absolute Gasteiger partial charge is 0.474 e. The second kappa shape index (κ2) is 6.34. The Morgan fingerprint density at radius 1 is 1.39 bits per heavy atom. The van der Waals surface area contributed by atoms with Gasteiger partial charge in [-0.2, -0.15) is 0 Å². The standard InChI is InChI=1S/C13H20ClN3O/c1-3-4-11-12(14)15-9-16-13(11)18-10-5-7-17(2)8-6-10/h9-10H,3-8H2,1-2H3. The summed E-state index contributed by atoms with van der Waals surface area (Å²) in [7, 11) is 2.14. The second-order valence-corrected chi connectivity index (χ2v) is 5.18. The average Bonchev–Trinajstić information content (AvgIpc) is 2.36. The Morgan fingerprint density at radius 2 is 2.11 bits per heavy atom. The van der Waals surface area contributed by atoms with Crippen molar-refractivity contribution in [3.63, 3.8) is 0 Å². The molecular weight excluding hydrogens is 250 g/mol. The molecule has 0 unspecified atom stereocenters. The summed E-state index contributed by atoms with van der Waals surface area (Å²) in [5.41, 5.74) is 0.945. The van der Waals surface area contributed by atoms with Crippen LogP contribution in [0.5, 0.6) is 5.88 Å². The highest BCUT2D eigenvalue weighted by molar-refractivity contribution is 6.30. The minimum absolute atomic E-state index is 0.253. The monoisotopic (exact) mass is 269 g/mol. The van der Waals surface area contributed by atoms with Crippen molar-refractivity contribution in [1.82, 2.24) is 14.9 Å². The number of hydrogen-bond acceptors (Lipinski definition) is 4. The minimum atomic E-state index is 0.253. The molecule has 18 heavy (non-hydrogen) atoms. The first kappa shape index (κ1) is 13.6. The molecule has 0 N–H and O–H groups in total. The number of piperidine rings is 1.